The fraction of sp³-hybridized carbons (Fsp3) is 0.519. The van der Waals surface area contributed by atoms with E-state index in [0.29, 0.717) is 0 Å². The molecule has 7 nitrogen and oxygen atoms in total. The van der Waals surface area contributed by atoms with Crippen molar-refractivity contribution in [3.8, 4) is 0 Å². The van der Waals surface area contributed by atoms with E-state index in [9.17, 15) is 4.79 Å². The Bertz CT molecular complexity index is 816. The number of hydrogen-bond acceptors (Lipinski definition) is 7. The van der Waals surface area contributed by atoms with Crippen molar-refractivity contribution in [2.45, 2.75) is 77.8 Å². The van der Waals surface area contributed by atoms with Crippen molar-refractivity contribution in [1.29, 1.82) is 0 Å². The highest BCUT2D eigenvalue weighted by Gasteiger charge is 2.32. The van der Waals surface area contributed by atoms with Crippen LogP contribution in [0.1, 0.15) is 66.5 Å². The third-order valence-electron chi connectivity index (χ3n) is 5.00. The third kappa shape index (κ3) is 9.06. The van der Waals surface area contributed by atoms with Gasteiger partial charge in [0, 0.05) is 0 Å². The molecule has 0 saturated carbocycles. The molecule has 0 heterocycles. The fourth-order valence-corrected chi connectivity index (χ4v) is 2.94. The van der Waals surface area contributed by atoms with E-state index in [0.717, 1.165) is 11.1 Å². The minimum absolute atomic E-state index is 0.0175. The van der Waals surface area contributed by atoms with Crippen molar-refractivity contribution in [3.63, 3.8) is 0 Å². The normalized spacial score (nSPS) is 12.9. The quantitative estimate of drug-likeness (QED) is 0.198. The van der Waals surface area contributed by atoms with Gasteiger partial charge in [-0.05, 0) is 66.5 Å². The molecule has 0 bridgehead atoms. The van der Waals surface area contributed by atoms with Gasteiger partial charge in [-0.15, -0.1) is 0 Å². The van der Waals surface area contributed by atoms with E-state index in [4.69, 9.17) is 29.0 Å². The lowest BCUT2D eigenvalue weighted by Crippen LogP contribution is -2.40. The number of rotatable bonds is 12. The van der Waals surface area contributed by atoms with Crippen molar-refractivity contribution in [3.05, 3.63) is 71.8 Å². The SMILES string of the molecule is CC(C)(COOC(C)(C)c1ccccc1)OC(=O)OC(C)(C)COOC(C)(C)c1ccccc1. The molecule has 2 aromatic carbocycles. The summed E-state index contributed by atoms with van der Waals surface area (Å²) in [6.07, 6.45) is -0.841. The van der Waals surface area contributed by atoms with Gasteiger partial charge in [0.1, 0.15) is 35.6 Å². The number of carbonyl (C=O) groups is 1. The summed E-state index contributed by atoms with van der Waals surface area (Å²) in [5.41, 5.74) is -1.35. The summed E-state index contributed by atoms with van der Waals surface area (Å²) in [4.78, 5) is 34.4. The number of benzene rings is 2. The number of hydrogen-bond donors (Lipinski definition) is 0. The van der Waals surface area contributed by atoms with Crippen LogP contribution in [-0.2, 0) is 40.2 Å². The molecular formula is C27H38O7. The Hall–Kier alpha value is -2.45. The van der Waals surface area contributed by atoms with Gasteiger partial charge in [-0.1, -0.05) is 60.7 Å². The second-order valence-corrected chi connectivity index (χ2v) is 10.4. The Morgan fingerprint density at radius 3 is 1.24 bits per heavy atom. The molecule has 2 rings (SSSR count). The van der Waals surface area contributed by atoms with Gasteiger partial charge in [0.15, 0.2) is 0 Å². The Morgan fingerprint density at radius 1 is 0.588 bits per heavy atom. The van der Waals surface area contributed by atoms with Gasteiger partial charge in [0.05, 0.1) is 0 Å². The molecule has 7 heteroatoms. The van der Waals surface area contributed by atoms with Crippen LogP contribution in [0.5, 0.6) is 0 Å². The summed E-state index contributed by atoms with van der Waals surface area (Å²) in [6.45, 7) is 14.5. The van der Waals surface area contributed by atoms with E-state index >= 15 is 0 Å². The summed E-state index contributed by atoms with van der Waals surface area (Å²) in [5.74, 6) is 0. The molecule has 0 spiro atoms. The van der Waals surface area contributed by atoms with E-state index in [1.54, 1.807) is 27.7 Å². The predicted octanol–water partition coefficient (Wildman–Crippen LogP) is 6.46. The molecule has 0 amide bonds. The topological polar surface area (TPSA) is 72.5 Å². The third-order valence-corrected chi connectivity index (χ3v) is 5.00. The zero-order valence-corrected chi connectivity index (χ0v) is 21.5. The molecule has 0 unspecified atom stereocenters. The Morgan fingerprint density at radius 2 is 0.912 bits per heavy atom. The molecule has 0 fully saturated rings. The minimum atomic E-state index is -0.980. The van der Waals surface area contributed by atoms with Gasteiger partial charge in [0.25, 0.3) is 0 Å². The highest BCUT2D eigenvalue weighted by Crippen LogP contribution is 2.27. The maximum atomic E-state index is 12.4. The first-order valence-electron chi connectivity index (χ1n) is 11.4. The minimum Gasteiger partial charge on any atom is -0.426 e. The molecule has 0 aliphatic carbocycles. The van der Waals surface area contributed by atoms with Crippen molar-refractivity contribution >= 4 is 6.16 Å². The van der Waals surface area contributed by atoms with E-state index in [-0.39, 0.29) is 13.2 Å². The van der Waals surface area contributed by atoms with Crippen LogP contribution in [0.2, 0.25) is 0 Å². The van der Waals surface area contributed by atoms with Crippen LogP contribution in [0.4, 0.5) is 4.79 Å². The zero-order chi connectivity index (χ0) is 25.5. The first kappa shape index (κ1) is 27.8. The lowest BCUT2D eigenvalue weighted by molar-refractivity contribution is -0.374. The summed E-state index contributed by atoms with van der Waals surface area (Å²) in [5, 5.41) is 0. The van der Waals surface area contributed by atoms with Crippen LogP contribution in [-0.4, -0.2) is 30.6 Å². The molecule has 0 aliphatic rings. The summed E-state index contributed by atoms with van der Waals surface area (Å²) in [6, 6.07) is 19.4. The van der Waals surface area contributed by atoms with Crippen molar-refractivity contribution in [2.24, 2.45) is 0 Å². The molecule has 0 saturated heterocycles. The molecule has 0 atom stereocenters. The summed E-state index contributed by atoms with van der Waals surface area (Å²) in [7, 11) is 0. The molecule has 0 aliphatic heterocycles. The van der Waals surface area contributed by atoms with Gasteiger partial charge in [-0.25, -0.2) is 24.3 Å². The van der Waals surface area contributed by atoms with E-state index < -0.39 is 28.6 Å². The monoisotopic (exact) mass is 474 g/mol. The van der Waals surface area contributed by atoms with Crippen LogP contribution in [0.25, 0.3) is 0 Å². The molecule has 34 heavy (non-hydrogen) atoms. The van der Waals surface area contributed by atoms with Crippen LogP contribution < -0.4 is 0 Å². The van der Waals surface area contributed by atoms with Gasteiger partial charge in [0.2, 0.25) is 0 Å². The smallest absolute Gasteiger partial charge is 0.426 e. The molecule has 0 radical (unpaired) electrons. The Kier molecular flexibility index (Phi) is 9.25. The maximum absolute atomic E-state index is 12.4. The van der Waals surface area contributed by atoms with Crippen molar-refractivity contribution in [2.75, 3.05) is 13.2 Å². The van der Waals surface area contributed by atoms with Gasteiger partial charge in [-0.3, -0.25) is 0 Å². The standard InChI is InChI=1S/C27H38O7/c1-24(2,19-29-33-26(5,6)21-15-11-9-12-16-21)31-23(28)32-25(3,4)20-30-34-27(7,8)22-17-13-10-14-18-22/h9-18H,19-20H2,1-8H3. The summed E-state index contributed by atoms with van der Waals surface area (Å²) < 4.78 is 10.9. The first-order valence-corrected chi connectivity index (χ1v) is 11.4. The zero-order valence-electron chi connectivity index (χ0n) is 21.5. The Balaban J connectivity index is 1.77. The van der Waals surface area contributed by atoms with E-state index in [2.05, 4.69) is 0 Å². The molecule has 0 aromatic heterocycles. The van der Waals surface area contributed by atoms with Crippen LogP contribution >= 0.6 is 0 Å². The van der Waals surface area contributed by atoms with Crippen LogP contribution in [0.15, 0.2) is 60.7 Å². The number of ether oxygens (including phenoxy) is 2. The lowest BCUT2D eigenvalue weighted by Gasteiger charge is -2.31. The second kappa shape index (κ2) is 11.3. The average molecular weight is 475 g/mol. The predicted molar refractivity (Wildman–Crippen MR) is 129 cm³/mol. The largest absolute Gasteiger partial charge is 0.509 e. The highest BCUT2D eigenvalue weighted by molar-refractivity contribution is 5.61. The fourth-order valence-electron chi connectivity index (χ4n) is 2.94. The molecule has 0 N–H and O–H groups in total. The maximum Gasteiger partial charge on any atom is 0.509 e. The van der Waals surface area contributed by atoms with E-state index in [1.807, 2.05) is 88.4 Å². The molecule has 188 valence electrons. The second-order valence-electron chi connectivity index (χ2n) is 10.4. The van der Waals surface area contributed by atoms with Crippen LogP contribution in [0, 0.1) is 0 Å². The van der Waals surface area contributed by atoms with Gasteiger partial charge < -0.3 is 9.47 Å². The van der Waals surface area contributed by atoms with Crippen LogP contribution in [0.3, 0.4) is 0 Å². The van der Waals surface area contributed by atoms with Crippen molar-refractivity contribution in [1.82, 2.24) is 0 Å². The Labute approximate surface area is 203 Å². The summed E-state index contributed by atoms with van der Waals surface area (Å²) >= 11 is 0. The van der Waals surface area contributed by atoms with Gasteiger partial charge in [-0.2, -0.15) is 0 Å². The first-order chi connectivity index (χ1) is 15.7. The lowest BCUT2D eigenvalue weighted by atomic mass is 9.99. The average Bonchev–Trinajstić information content (AvgIpc) is 2.73. The van der Waals surface area contributed by atoms with Gasteiger partial charge >= 0.3 is 6.16 Å². The van der Waals surface area contributed by atoms with Crippen molar-refractivity contribution < 1.29 is 33.8 Å². The molecular weight excluding hydrogens is 436 g/mol. The molecule has 2 aromatic rings. The van der Waals surface area contributed by atoms with E-state index in [1.165, 1.54) is 0 Å². The number of carbonyl (C=O) groups excluding carboxylic acids is 1. The highest BCUT2D eigenvalue weighted by atomic mass is 17.2.